The Morgan fingerprint density at radius 1 is 1.31 bits per heavy atom. The van der Waals surface area contributed by atoms with E-state index in [1.54, 1.807) is 10.9 Å². The third-order valence-corrected chi connectivity index (χ3v) is 6.33. The highest BCUT2D eigenvalue weighted by atomic mass is 79.9. The molecule has 1 fully saturated rings. The van der Waals surface area contributed by atoms with Gasteiger partial charge in [-0.3, -0.25) is 9.48 Å². The van der Waals surface area contributed by atoms with Gasteiger partial charge in [-0.15, -0.1) is 0 Å². The summed E-state index contributed by atoms with van der Waals surface area (Å²) < 4.78 is 4.55. The van der Waals surface area contributed by atoms with Crippen LogP contribution in [-0.4, -0.2) is 39.4 Å². The highest BCUT2D eigenvalue weighted by molar-refractivity contribution is 9.10. The van der Waals surface area contributed by atoms with Crippen molar-refractivity contribution in [3.05, 3.63) is 63.5 Å². The molecule has 1 saturated heterocycles. The van der Waals surface area contributed by atoms with Gasteiger partial charge in [-0.05, 0) is 52.7 Å². The van der Waals surface area contributed by atoms with Gasteiger partial charge in [0.05, 0.1) is 16.4 Å². The first-order valence-electron chi connectivity index (χ1n) is 9.55. The number of hydrogen-bond donors (Lipinski definition) is 2. The molecule has 1 aromatic carbocycles. The van der Waals surface area contributed by atoms with Gasteiger partial charge < -0.3 is 15.2 Å². The average Bonchev–Trinajstić information content (AvgIpc) is 3.24. The zero-order chi connectivity index (χ0) is 20.5. The van der Waals surface area contributed by atoms with Crippen LogP contribution in [-0.2, 0) is 14.1 Å². The summed E-state index contributed by atoms with van der Waals surface area (Å²) in [5, 5.41) is 11.6. The minimum absolute atomic E-state index is 0.0132. The molecule has 2 N–H and O–H groups in total. The Labute approximate surface area is 183 Å². The molecule has 0 radical (unpaired) electrons. The number of nitrogens with zero attached hydrogens (tertiary/aromatic N) is 3. The Balaban J connectivity index is 1.56. The fourth-order valence-electron chi connectivity index (χ4n) is 4.02. The molecule has 0 spiro atoms. The topological polar surface area (TPSA) is 63.9 Å². The Kier molecular flexibility index (Phi) is 5.81. The van der Waals surface area contributed by atoms with Crippen LogP contribution in [0.1, 0.15) is 28.4 Å². The van der Waals surface area contributed by atoms with Gasteiger partial charge in [0.15, 0.2) is 0 Å². The molecule has 2 atom stereocenters. The summed E-state index contributed by atoms with van der Waals surface area (Å²) >= 11 is 9.57. The summed E-state index contributed by atoms with van der Waals surface area (Å²) in [7, 11) is 3.77. The van der Waals surface area contributed by atoms with Crippen LogP contribution in [0.5, 0.6) is 0 Å². The molecule has 4 rings (SSSR count). The number of piperidine rings is 1. The molecular formula is C21H23BrClN5O. The molecule has 29 heavy (non-hydrogen) atoms. The molecule has 3 heterocycles. The van der Waals surface area contributed by atoms with E-state index in [1.165, 1.54) is 5.56 Å². The normalized spacial score (nSPS) is 19.3. The van der Waals surface area contributed by atoms with E-state index in [-0.39, 0.29) is 17.9 Å². The van der Waals surface area contributed by atoms with E-state index in [0.29, 0.717) is 5.69 Å². The highest BCUT2D eigenvalue weighted by Crippen LogP contribution is 2.30. The minimum atomic E-state index is -0.0790. The summed E-state index contributed by atoms with van der Waals surface area (Å²) in [6.07, 6.45) is 4.67. The number of halogens is 2. The van der Waals surface area contributed by atoms with Gasteiger partial charge in [0.1, 0.15) is 5.69 Å². The number of rotatable bonds is 4. The first-order chi connectivity index (χ1) is 13.9. The first-order valence-corrected chi connectivity index (χ1v) is 10.7. The summed E-state index contributed by atoms with van der Waals surface area (Å²) in [4.78, 5) is 13.1. The van der Waals surface area contributed by atoms with Crippen molar-refractivity contribution >= 4 is 33.4 Å². The average molecular weight is 477 g/mol. The first kappa shape index (κ1) is 20.2. The van der Waals surface area contributed by atoms with E-state index < -0.39 is 0 Å². The molecule has 8 heteroatoms. The Bertz CT molecular complexity index is 1010. The molecule has 1 aliphatic rings. The monoisotopic (exact) mass is 475 g/mol. The third kappa shape index (κ3) is 4.13. The maximum atomic E-state index is 13.1. The number of hydrogen-bond acceptors (Lipinski definition) is 3. The predicted molar refractivity (Wildman–Crippen MR) is 118 cm³/mol. The van der Waals surface area contributed by atoms with Crippen molar-refractivity contribution in [2.45, 2.75) is 18.4 Å². The summed E-state index contributed by atoms with van der Waals surface area (Å²) in [5.74, 6) is 0.174. The smallest absolute Gasteiger partial charge is 0.268 e. The second kappa shape index (κ2) is 8.34. The summed E-state index contributed by atoms with van der Waals surface area (Å²) in [5.41, 5.74) is 3.71. The highest BCUT2D eigenvalue weighted by Gasteiger charge is 2.29. The maximum absolute atomic E-state index is 13.1. The van der Waals surface area contributed by atoms with Gasteiger partial charge in [0.2, 0.25) is 0 Å². The quantitative estimate of drug-likeness (QED) is 0.603. The molecule has 0 unspecified atom stereocenters. The van der Waals surface area contributed by atoms with Crippen LogP contribution >= 0.6 is 27.5 Å². The van der Waals surface area contributed by atoms with Crippen LogP contribution < -0.4 is 10.6 Å². The predicted octanol–water partition coefficient (Wildman–Crippen LogP) is 3.72. The number of aryl methyl sites for hydroxylation is 2. The number of nitrogens with one attached hydrogen (secondary N) is 2. The fourth-order valence-corrected chi connectivity index (χ4v) is 4.72. The molecule has 1 amide bonds. The van der Waals surface area contributed by atoms with E-state index in [4.69, 9.17) is 11.6 Å². The second-order valence-corrected chi connectivity index (χ2v) is 8.71. The molecule has 2 aromatic heterocycles. The molecule has 6 nitrogen and oxygen atoms in total. The lowest BCUT2D eigenvalue weighted by Gasteiger charge is -2.33. The van der Waals surface area contributed by atoms with E-state index >= 15 is 0 Å². The fraction of sp³-hybridized carbons (Fsp3) is 0.333. The summed E-state index contributed by atoms with van der Waals surface area (Å²) in [6, 6.07) is 9.85. The molecule has 0 saturated carbocycles. The Morgan fingerprint density at radius 2 is 2.07 bits per heavy atom. The van der Waals surface area contributed by atoms with Crippen LogP contribution in [0.3, 0.4) is 0 Å². The van der Waals surface area contributed by atoms with Gasteiger partial charge in [-0.25, -0.2) is 0 Å². The molecule has 0 bridgehead atoms. The summed E-state index contributed by atoms with van der Waals surface area (Å²) in [6.45, 7) is 1.67. The van der Waals surface area contributed by atoms with Gasteiger partial charge in [0, 0.05) is 49.4 Å². The zero-order valence-electron chi connectivity index (χ0n) is 16.3. The van der Waals surface area contributed by atoms with Crippen molar-refractivity contribution in [1.82, 2.24) is 25.0 Å². The van der Waals surface area contributed by atoms with E-state index in [1.807, 2.05) is 43.1 Å². The van der Waals surface area contributed by atoms with Crippen LogP contribution in [0, 0.1) is 0 Å². The van der Waals surface area contributed by atoms with E-state index in [9.17, 15) is 4.79 Å². The largest absolute Gasteiger partial charge is 0.346 e. The van der Waals surface area contributed by atoms with Crippen molar-refractivity contribution < 1.29 is 4.79 Å². The van der Waals surface area contributed by atoms with Crippen molar-refractivity contribution in [3.63, 3.8) is 0 Å². The van der Waals surface area contributed by atoms with Crippen LogP contribution in [0.15, 0.2) is 47.2 Å². The van der Waals surface area contributed by atoms with Crippen molar-refractivity contribution in [2.75, 3.05) is 13.1 Å². The number of aromatic nitrogens is 3. The molecule has 0 aliphatic carbocycles. The molecule has 3 aromatic rings. The Hall–Kier alpha value is -2.09. The lowest BCUT2D eigenvalue weighted by atomic mass is 9.86. The van der Waals surface area contributed by atoms with Gasteiger partial charge in [-0.2, -0.15) is 5.10 Å². The van der Waals surface area contributed by atoms with Crippen LogP contribution in [0.4, 0.5) is 0 Å². The van der Waals surface area contributed by atoms with E-state index in [2.05, 4.69) is 43.8 Å². The maximum Gasteiger partial charge on any atom is 0.268 e. The molecule has 152 valence electrons. The van der Waals surface area contributed by atoms with Crippen LogP contribution in [0.2, 0.25) is 5.02 Å². The van der Waals surface area contributed by atoms with Gasteiger partial charge in [0.25, 0.3) is 5.91 Å². The standard InChI is InChI=1S/C21H23BrClN5O/c1-27-12-14(20-17(22)10-25-28(20)2)9-19(27)21(29)26-18-11-24-8-7-16(18)13-3-5-15(23)6-4-13/h3-6,9-10,12,16,18,24H,7-8,11H2,1-2H3,(H,26,29)/t16-,18+/m0/s1. The number of amides is 1. The van der Waals surface area contributed by atoms with Gasteiger partial charge >= 0.3 is 0 Å². The van der Waals surface area contributed by atoms with Gasteiger partial charge in [-0.1, -0.05) is 23.7 Å². The van der Waals surface area contributed by atoms with E-state index in [0.717, 1.165) is 40.3 Å². The zero-order valence-corrected chi connectivity index (χ0v) is 18.7. The SMILES string of the molecule is Cn1cc(-c2c(Br)cnn2C)cc1C(=O)N[C@@H]1CNCC[C@H]1c1ccc(Cl)cc1. The molecular weight excluding hydrogens is 454 g/mol. The van der Waals surface area contributed by atoms with Crippen molar-refractivity contribution in [3.8, 4) is 11.3 Å². The lowest BCUT2D eigenvalue weighted by molar-refractivity contribution is 0.0916. The minimum Gasteiger partial charge on any atom is -0.346 e. The van der Waals surface area contributed by atoms with Crippen molar-refractivity contribution in [2.24, 2.45) is 14.1 Å². The number of carbonyl (C=O) groups is 1. The Morgan fingerprint density at radius 3 is 2.76 bits per heavy atom. The number of carbonyl (C=O) groups excluding carboxylic acids is 1. The lowest BCUT2D eigenvalue weighted by Crippen LogP contribution is -2.50. The number of benzene rings is 1. The molecule has 1 aliphatic heterocycles. The van der Waals surface area contributed by atoms with Crippen molar-refractivity contribution in [1.29, 1.82) is 0 Å². The second-order valence-electron chi connectivity index (χ2n) is 7.42. The van der Waals surface area contributed by atoms with Crippen LogP contribution in [0.25, 0.3) is 11.3 Å². The third-order valence-electron chi connectivity index (χ3n) is 5.50.